The summed E-state index contributed by atoms with van der Waals surface area (Å²) in [4.78, 5) is 28.8. The first-order valence-electron chi connectivity index (χ1n) is 8.95. The molecule has 3 rings (SSSR count). The normalized spacial score (nSPS) is 20.9. The smallest absolute Gasteiger partial charge is 0.233 e. The molecule has 1 aliphatic heterocycles. The van der Waals surface area contributed by atoms with Gasteiger partial charge < -0.3 is 9.80 Å². The van der Waals surface area contributed by atoms with Crippen LogP contribution in [0.1, 0.15) is 44.0 Å². The van der Waals surface area contributed by atoms with Crippen molar-refractivity contribution in [2.75, 3.05) is 18.8 Å². The molecule has 0 spiro atoms. The molecule has 1 heterocycles. The fourth-order valence-corrected chi connectivity index (χ4v) is 4.91. The third-order valence-corrected chi connectivity index (χ3v) is 6.66. The fourth-order valence-electron chi connectivity index (χ4n) is 3.36. The van der Waals surface area contributed by atoms with Crippen molar-refractivity contribution in [3.63, 3.8) is 0 Å². The third kappa shape index (κ3) is 3.98. The second kappa shape index (κ2) is 8.00. The zero-order chi connectivity index (χ0) is 18.0. The number of hydrogen-bond acceptors (Lipinski definition) is 3. The van der Waals surface area contributed by atoms with E-state index >= 15 is 0 Å². The molecular weight excluding hydrogens is 356 g/mol. The first-order valence-corrected chi connectivity index (χ1v) is 10.4. The summed E-state index contributed by atoms with van der Waals surface area (Å²) in [6, 6.07) is 7.83. The van der Waals surface area contributed by atoms with Gasteiger partial charge in [-0.3, -0.25) is 9.59 Å². The number of thioether (sulfide) groups is 1. The van der Waals surface area contributed by atoms with Crippen molar-refractivity contribution >= 4 is 35.2 Å². The minimum Gasteiger partial charge on any atom is -0.338 e. The lowest BCUT2D eigenvalue weighted by atomic mass is 9.84. The zero-order valence-corrected chi connectivity index (χ0v) is 16.4. The maximum absolute atomic E-state index is 12.7. The molecule has 1 aromatic rings. The first-order chi connectivity index (χ1) is 12.0. The molecular formula is C19H25ClN2O2S. The monoisotopic (exact) mass is 380 g/mol. The zero-order valence-electron chi connectivity index (χ0n) is 14.8. The van der Waals surface area contributed by atoms with Crippen molar-refractivity contribution in [1.29, 1.82) is 0 Å². The molecule has 1 atom stereocenters. The van der Waals surface area contributed by atoms with Gasteiger partial charge >= 0.3 is 0 Å². The van der Waals surface area contributed by atoms with Gasteiger partial charge in [0.1, 0.15) is 5.37 Å². The van der Waals surface area contributed by atoms with E-state index in [0.717, 1.165) is 24.8 Å². The molecule has 2 amide bonds. The van der Waals surface area contributed by atoms with Crippen molar-refractivity contribution in [3.8, 4) is 0 Å². The summed E-state index contributed by atoms with van der Waals surface area (Å²) < 4.78 is 0. The van der Waals surface area contributed by atoms with Gasteiger partial charge in [0.05, 0.1) is 5.75 Å². The van der Waals surface area contributed by atoms with Gasteiger partial charge in [-0.15, -0.1) is 11.8 Å². The highest BCUT2D eigenvalue weighted by Gasteiger charge is 2.35. The summed E-state index contributed by atoms with van der Waals surface area (Å²) in [5.41, 5.74) is 0.974. The Bertz CT molecular complexity index is 648. The highest BCUT2D eigenvalue weighted by atomic mass is 35.5. The van der Waals surface area contributed by atoms with E-state index in [-0.39, 0.29) is 29.1 Å². The average molecular weight is 381 g/mol. The number of rotatable bonds is 6. The summed E-state index contributed by atoms with van der Waals surface area (Å²) in [5.74, 6) is 1.02. The lowest BCUT2D eigenvalue weighted by Gasteiger charge is -2.36. The predicted molar refractivity (Wildman–Crippen MR) is 103 cm³/mol. The molecule has 25 heavy (non-hydrogen) atoms. The van der Waals surface area contributed by atoms with Gasteiger partial charge in [0, 0.05) is 35.6 Å². The van der Waals surface area contributed by atoms with Crippen LogP contribution in [-0.2, 0) is 9.59 Å². The van der Waals surface area contributed by atoms with Gasteiger partial charge in [0.15, 0.2) is 0 Å². The van der Waals surface area contributed by atoms with Gasteiger partial charge in [-0.25, -0.2) is 0 Å². The van der Waals surface area contributed by atoms with Crippen LogP contribution in [0.15, 0.2) is 24.3 Å². The number of amides is 2. The molecule has 1 saturated carbocycles. The number of carbonyl (C=O) groups is 2. The molecule has 0 bridgehead atoms. The summed E-state index contributed by atoms with van der Waals surface area (Å²) in [6.07, 6.45) is 3.16. The van der Waals surface area contributed by atoms with Crippen LogP contribution in [0.25, 0.3) is 0 Å². The maximum Gasteiger partial charge on any atom is 0.233 e. The second-order valence-corrected chi connectivity index (χ2v) is 8.50. The molecule has 2 aliphatic rings. The summed E-state index contributed by atoms with van der Waals surface area (Å²) in [6.45, 7) is 5.23. The van der Waals surface area contributed by atoms with E-state index in [0.29, 0.717) is 23.9 Å². The van der Waals surface area contributed by atoms with E-state index in [1.165, 1.54) is 0 Å². The SMILES string of the molecule is CC(C)N(CCN1C(=O)CS[C@@H]1c1ccccc1Cl)C(=O)C1CCC1. The van der Waals surface area contributed by atoms with Crippen molar-refractivity contribution in [3.05, 3.63) is 34.9 Å². The topological polar surface area (TPSA) is 40.6 Å². The van der Waals surface area contributed by atoms with Crippen molar-refractivity contribution in [2.24, 2.45) is 5.92 Å². The van der Waals surface area contributed by atoms with E-state index in [9.17, 15) is 9.59 Å². The number of halogens is 1. The molecule has 1 aliphatic carbocycles. The van der Waals surface area contributed by atoms with Gasteiger partial charge in [-0.1, -0.05) is 36.2 Å². The maximum atomic E-state index is 12.7. The van der Waals surface area contributed by atoms with E-state index in [1.807, 2.05) is 47.9 Å². The number of carbonyl (C=O) groups excluding carboxylic acids is 2. The Morgan fingerprint density at radius 2 is 2.08 bits per heavy atom. The number of hydrogen-bond donors (Lipinski definition) is 0. The minimum absolute atomic E-state index is 0.0611. The van der Waals surface area contributed by atoms with Crippen molar-refractivity contribution < 1.29 is 9.59 Å². The van der Waals surface area contributed by atoms with Gasteiger partial charge in [-0.2, -0.15) is 0 Å². The number of benzene rings is 1. The highest BCUT2D eigenvalue weighted by molar-refractivity contribution is 8.00. The standard InChI is InChI=1S/C19H25ClN2O2S/c1-13(2)21(18(24)14-6-5-7-14)10-11-22-17(23)12-25-19(22)15-8-3-4-9-16(15)20/h3-4,8-9,13-14,19H,5-7,10-12H2,1-2H3/t19-/m1/s1. The Morgan fingerprint density at radius 3 is 2.68 bits per heavy atom. The Balaban J connectivity index is 1.69. The molecule has 0 radical (unpaired) electrons. The van der Waals surface area contributed by atoms with Crippen LogP contribution in [0.3, 0.4) is 0 Å². The number of nitrogens with zero attached hydrogens (tertiary/aromatic N) is 2. The van der Waals surface area contributed by atoms with Gasteiger partial charge in [-0.05, 0) is 32.8 Å². The minimum atomic E-state index is -0.0611. The largest absolute Gasteiger partial charge is 0.338 e. The first kappa shape index (κ1) is 18.6. The quantitative estimate of drug-likeness (QED) is 0.750. The van der Waals surface area contributed by atoms with E-state index in [4.69, 9.17) is 11.6 Å². The van der Waals surface area contributed by atoms with E-state index < -0.39 is 0 Å². The predicted octanol–water partition coefficient (Wildman–Crippen LogP) is 3.95. The Morgan fingerprint density at radius 1 is 1.36 bits per heavy atom. The molecule has 136 valence electrons. The lowest BCUT2D eigenvalue weighted by Crippen LogP contribution is -2.47. The molecule has 0 aromatic heterocycles. The molecule has 0 N–H and O–H groups in total. The Hall–Kier alpha value is -1.20. The molecule has 2 fully saturated rings. The van der Waals surface area contributed by atoms with E-state index in [1.54, 1.807) is 11.8 Å². The van der Waals surface area contributed by atoms with Crippen LogP contribution >= 0.6 is 23.4 Å². The Labute approximate surface area is 158 Å². The van der Waals surface area contributed by atoms with Crippen LogP contribution in [0.5, 0.6) is 0 Å². The fraction of sp³-hybridized carbons (Fsp3) is 0.579. The molecule has 6 heteroatoms. The summed E-state index contributed by atoms with van der Waals surface area (Å²) >= 11 is 7.94. The average Bonchev–Trinajstić information content (AvgIpc) is 2.87. The van der Waals surface area contributed by atoms with Gasteiger partial charge in [0.25, 0.3) is 0 Å². The second-order valence-electron chi connectivity index (χ2n) is 7.03. The highest BCUT2D eigenvalue weighted by Crippen LogP contribution is 2.41. The van der Waals surface area contributed by atoms with Crippen LogP contribution in [0.2, 0.25) is 5.02 Å². The summed E-state index contributed by atoms with van der Waals surface area (Å²) in [5, 5.41) is 0.625. The van der Waals surface area contributed by atoms with Crippen LogP contribution in [-0.4, -0.2) is 46.5 Å². The molecule has 4 nitrogen and oxygen atoms in total. The lowest BCUT2D eigenvalue weighted by molar-refractivity contribution is -0.141. The molecule has 1 saturated heterocycles. The molecule has 0 unspecified atom stereocenters. The van der Waals surface area contributed by atoms with E-state index in [2.05, 4.69) is 0 Å². The van der Waals surface area contributed by atoms with Crippen LogP contribution in [0, 0.1) is 5.92 Å². The van der Waals surface area contributed by atoms with Crippen LogP contribution in [0.4, 0.5) is 0 Å². The van der Waals surface area contributed by atoms with Crippen molar-refractivity contribution in [1.82, 2.24) is 9.80 Å². The summed E-state index contributed by atoms with van der Waals surface area (Å²) in [7, 11) is 0. The molecule has 1 aromatic carbocycles. The van der Waals surface area contributed by atoms with Crippen LogP contribution < -0.4 is 0 Å². The van der Waals surface area contributed by atoms with Gasteiger partial charge in [0.2, 0.25) is 11.8 Å². The van der Waals surface area contributed by atoms with Crippen molar-refractivity contribution in [2.45, 2.75) is 44.5 Å². The Kier molecular flexibility index (Phi) is 5.95. The third-order valence-electron chi connectivity index (χ3n) is 5.08.